The van der Waals surface area contributed by atoms with Crippen LogP contribution in [-0.4, -0.2) is 48.4 Å². The van der Waals surface area contributed by atoms with Crippen LogP contribution < -0.4 is 5.73 Å². The normalized spacial score (nSPS) is 26.5. The van der Waals surface area contributed by atoms with Crippen molar-refractivity contribution in [2.24, 2.45) is 17.6 Å². The molecule has 1 aliphatic carbocycles. The quantitative estimate of drug-likeness (QED) is 0.909. The third kappa shape index (κ3) is 3.76. The van der Waals surface area contributed by atoms with E-state index in [4.69, 9.17) is 17.3 Å². The number of hydrogen-bond acceptors (Lipinski definition) is 3. The first-order valence-electron chi connectivity index (χ1n) is 9.08. The Morgan fingerprint density at radius 1 is 1.21 bits per heavy atom. The zero-order valence-corrected chi connectivity index (χ0v) is 15.2. The number of halogens is 1. The second-order valence-electron chi connectivity index (χ2n) is 7.12. The van der Waals surface area contributed by atoms with E-state index < -0.39 is 0 Å². The number of amides is 1. The molecule has 132 valence electrons. The first kappa shape index (κ1) is 17.7. The minimum atomic E-state index is 0.162. The second-order valence-corrected chi connectivity index (χ2v) is 7.56. The van der Waals surface area contributed by atoms with Crippen molar-refractivity contribution < 1.29 is 4.79 Å². The van der Waals surface area contributed by atoms with Crippen molar-refractivity contribution in [3.63, 3.8) is 0 Å². The molecule has 1 aromatic rings. The molecule has 1 aliphatic heterocycles. The SMILES string of the molecule is CC(c1ccc(Cl)cc1)N1CCN(C(=O)[C@@H]2CCC[C@@H]2CN)CC1. The van der Waals surface area contributed by atoms with Crippen LogP contribution in [0.5, 0.6) is 0 Å². The van der Waals surface area contributed by atoms with Crippen LogP contribution in [0, 0.1) is 11.8 Å². The minimum Gasteiger partial charge on any atom is -0.340 e. The predicted octanol–water partition coefficient (Wildman–Crippen LogP) is 2.92. The van der Waals surface area contributed by atoms with E-state index in [2.05, 4.69) is 28.9 Å². The van der Waals surface area contributed by atoms with Gasteiger partial charge in [-0.2, -0.15) is 0 Å². The van der Waals surface area contributed by atoms with Crippen molar-refractivity contribution in [3.05, 3.63) is 34.9 Å². The van der Waals surface area contributed by atoms with Gasteiger partial charge < -0.3 is 10.6 Å². The van der Waals surface area contributed by atoms with Crippen LogP contribution in [0.3, 0.4) is 0 Å². The summed E-state index contributed by atoms with van der Waals surface area (Å²) in [6.07, 6.45) is 3.27. The van der Waals surface area contributed by atoms with Crippen molar-refractivity contribution in [2.45, 2.75) is 32.2 Å². The zero-order chi connectivity index (χ0) is 17.1. The van der Waals surface area contributed by atoms with Crippen LogP contribution in [-0.2, 0) is 4.79 Å². The summed E-state index contributed by atoms with van der Waals surface area (Å²) in [6.45, 7) is 6.37. The Hall–Kier alpha value is -1.10. The van der Waals surface area contributed by atoms with Gasteiger partial charge in [0, 0.05) is 43.2 Å². The first-order valence-corrected chi connectivity index (χ1v) is 9.46. The predicted molar refractivity (Wildman–Crippen MR) is 97.9 cm³/mol. The van der Waals surface area contributed by atoms with Gasteiger partial charge in [-0.05, 0) is 49.9 Å². The van der Waals surface area contributed by atoms with Crippen LogP contribution in [0.1, 0.15) is 37.8 Å². The maximum Gasteiger partial charge on any atom is 0.226 e. The van der Waals surface area contributed by atoms with Gasteiger partial charge in [-0.3, -0.25) is 9.69 Å². The average Bonchev–Trinajstić information content (AvgIpc) is 3.10. The van der Waals surface area contributed by atoms with E-state index in [0.717, 1.165) is 50.5 Å². The standard InChI is InChI=1S/C19H28ClN3O/c1-14(15-5-7-17(20)8-6-15)22-9-11-23(12-10-22)19(24)18-4-2-3-16(18)13-21/h5-8,14,16,18H,2-4,9-13,21H2,1H3/t14?,16-,18-/m1/s1. The summed E-state index contributed by atoms with van der Waals surface area (Å²) in [5.74, 6) is 0.889. The fourth-order valence-electron chi connectivity index (χ4n) is 4.16. The van der Waals surface area contributed by atoms with Gasteiger partial charge >= 0.3 is 0 Å². The summed E-state index contributed by atoms with van der Waals surface area (Å²) in [5, 5.41) is 0.771. The number of piperazine rings is 1. The van der Waals surface area contributed by atoms with Crippen molar-refractivity contribution in [1.29, 1.82) is 0 Å². The molecule has 1 unspecified atom stereocenters. The summed E-state index contributed by atoms with van der Waals surface area (Å²) in [7, 11) is 0. The Morgan fingerprint density at radius 3 is 2.50 bits per heavy atom. The highest BCUT2D eigenvalue weighted by Gasteiger charge is 2.36. The van der Waals surface area contributed by atoms with Crippen LogP contribution in [0.2, 0.25) is 5.02 Å². The van der Waals surface area contributed by atoms with Crippen LogP contribution in [0.15, 0.2) is 24.3 Å². The number of carbonyl (C=O) groups is 1. The Bertz CT molecular complexity index is 554. The molecule has 1 aromatic carbocycles. The third-order valence-corrected chi connectivity index (χ3v) is 6.06. The number of nitrogens with zero attached hydrogens (tertiary/aromatic N) is 2. The summed E-state index contributed by atoms with van der Waals surface area (Å²) in [5.41, 5.74) is 7.12. The van der Waals surface area contributed by atoms with Crippen molar-refractivity contribution in [1.82, 2.24) is 9.80 Å². The van der Waals surface area contributed by atoms with Gasteiger partial charge in [0.2, 0.25) is 5.91 Å². The van der Waals surface area contributed by atoms with Crippen LogP contribution >= 0.6 is 11.6 Å². The molecule has 24 heavy (non-hydrogen) atoms. The van der Waals surface area contributed by atoms with Gasteiger partial charge in [0.05, 0.1) is 0 Å². The molecule has 1 saturated carbocycles. The fraction of sp³-hybridized carbons (Fsp3) is 0.632. The lowest BCUT2D eigenvalue weighted by molar-refractivity contribution is -0.138. The molecular weight excluding hydrogens is 322 g/mol. The molecule has 0 spiro atoms. The molecule has 4 nitrogen and oxygen atoms in total. The van der Waals surface area contributed by atoms with E-state index >= 15 is 0 Å². The molecule has 3 rings (SSSR count). The van der Waals surface area contributed by atoms with Gasteiger partial charge in [0.25, 0.3) is 0 Å². The van der Waals surface area contributed by atoms with Gasteiger partial charge in [-0.25, -0.2) is 0 Å². The number of rotatable bonds is 4. The van der Waals surface area contributed by atoms with Crippen molar-refractivity contribution in [2.75, 3.05) is 32.7 Å². The molecular formula is C19H28ClN3O. The summed E-state index contributed by atoms with van der Waals surface area (Å²) < 4.78 is 0. The second kappa shape index (κ2) is 7.85. The lowest BCUT2D eigenvalue weighted by Crippen LogP contribution is -2.51. The zero-order valence-electron chi connectivity index (χ0n) is 14.5. The Morgan fingerprint density at radius 2 is 1.88 bits per heavy atom. The molecule has 1 amide bonds. The van der Waals surface area contributed by atoms with Gasteiger partial charge in [0.15, 0.2) is 0 Å². The molecule has 1 heterocycles. The highest BCUT2D eigenvalue weighted by atomic mass is 35.5. The van der Waals surface area contributed by atoms with E-state index in [1.54, 1.807) is 0 Å². The first-order chi connectivity index (χ1) is 11.6. The van der Waals surface area contributed by atoms with E-state index in [-0.39, 0.29) is 5.92 Å². The molecule has 0 bridgehead atoms. The largest absolute Gasteiger partial charge is 0.340 e. The molecule has 2 aliphatic rings. The van der Waals surface area contributed by atoms with E-state index in [9.17, 15) is 4.79 Å². The maximum absolute atomic E-state index is 12.8. The number of nitrogens with two attached hydrogens (primary N) is 1. The highest BCUT2D eigenvalue weighted by Crippen LogP contribution is 2.33. The summed E-state index contributed by atoms with van der Waals surface area (Å²) >= 11 is 5.98. The van der Waals surface area contributed by atoms with Crippen LogP contribution in [0.25, 0.3) is 0 Å². The topological polar surface area (TPSA) is 49.6 Å². The molecule has 2 fully saturated rings. The van der Waals surface area contributed by atoms with Crippen LogP contribution in [0.4, 0.5) is 0 Å². The number of hydrogen-bond donors (Lipinski definition) is 1. The Balaban J connectivity index is 1.55. The lowest BCUT2D eigenvalue weighted by atomic mass is 9.94. The number of carbonyl (C=O) groups excluding carboxylic acids is 1. The molecule has 3 atom stereocenters. The van der Waals surface area contributed by atoms with E-state index in [1.807, 2.05) is 12.1 Å². The smallest absolute Gasteiger partial charge is 0.226 e. The van der Waals surface area contributed by atoms with E-state index in [0.29, 0.717) is 24.4 Å². The molecule has 5 heteroatoms. The number of benzene rings is 1. The van der Waals surface area contributed by atoms with Gasteiger partial charge in [-0.15, -0.1) is 0 Å². The van der Waals surface area contributed by atoms with Crippen molar-refractivity contribution >= 4 is 17.5 Å². The molecule has 0 aromatic heterocycles. The summed E-state index contributed by atoms with van der Waals surface area (Å²) in [4.78, 5) is 17.3. The van der Waals surface area contributed by atoms with Gasteiger partial charge in [0.1, 0.15) is 0 Å². The van der Waals surface area contributed by atoms with Crippen molar-refractivity contribution in [3.8, 4) is 0 Å². The third-order valence-electron chi connectivity index (χ3n) is 5.81. The average molecular weight is 350 g/mol. The molecule has 0 radical (unpaired) electrons. The Kier molecular flexibility index (Phi) is 5.80. The lowest BCUT2D eigenvalue weighted by Gasteiger charge is -2.39. The Labute approximate surface area is 149 Å². The van der Waals surface area contributed by atoms with Gasteiger partial charge in [-0.1, -0.05) is 30.2 Å². The highest BCUT2D eigenvalue weighted by molar-refractivity contribution is 6.30. The van der Waals surface area contributed by atoms with E-state index in [1.165, 1.54) is 5.56 Å². The fourth-order valence-corrected chi connectivity index (χ4v) is 4.29. The summed E-state index contributed by atoms with van der Waals surface area (Å²) in [6, 6.07) is 8.42. The minimum absolute atomic E-state index is 0.162. The molecule has 2 N–H and O–H groups in total. The maximum atomic E-state index is 12.8. The monoisotopic (exact) mass is 349 g/mol. The molecule has 1 saturated heterocycles.